The fraction of sp³-hybridized carbons (Fsp3) is 0. The van der Waals surface area contributed by atoms with Gasteiger partial charge in [-0.15, -0.1) is 0 Å². The van der Waals surface area contributed by atoms with Gasteiger partial charge in [-0.2, -0.15) is 5.11 Å². The van der Waals surface area contributed by atoms with Gasteiger partial charge in [0.15, 0.2) is 0 Å². The monoisotopic (exact) mass is 235 g/mol. The number of pyridine rings is 1. The second kappa shape index (κ2) is 3.22. The summed E-state index contributed by atoms with van der Waals surface area (Å²) in [5, 5.41) is 4.33. The van der Waals surface area contributed by atoms with Crippen molar-refractivity contribution in [2.24, 2.45) is 5.11 Å². The van der Waals surface area contributed by atoms with Crippen LogP contribution in [0.15, 0.2) is 40.0 Å². The van der Waals surface area contributed by atoms with Crippen LogP contribution in [-0.2, 0) is 0 Å². The van der Waals surface area contributed by atoms with Crippen molar-refractivity contribution in [3.05, 3.63) is 34.9 Å². The molecule has 0 saturated heterocycles. The largest absolute Gasteiger partial charge is 0.256 e. The number of nitrogens with one attached hydrogen (secondary N) is 1. The minimum atomic E-state index is 0.650. The molecule has 0 radical (unpaired) electrons. The van der Waals surface area contributed by atoms with Crippen molar-refractivity contribution in [1.82, 2.24) is 4.98 Å². The molecule has 0 atom stereocenters. The van der Waals surface area contributed by atoms with E-state index in [4.69, 9.17) is 5.53 Å². The molecule has 1 N–H and O–H groups in total. The van der Waals surface area contributed by atoms with Gasteiger partial charge in [-0.3, -0.25) is 4.98 Å². The zero-order valence-electron chi connectivity index (χ0n) is 6.66. The quantitative estimate of drug-likeness (QED) is 0.754. The Balaban J connectivity index is 2.84. The first-order chi connectivity index (χ1) is 6.31. The van der Waals surface area contributed by atoms with Gasteiger partial charge in [-0.25, -0.2) is 5.53 Å². The molecule has 0 amide bonds. The third-order valence-corrected chi connectivity index (χ3v) is 2.30. The fourth-order valence-corrected chi connectivity index (χ4v) is 1.55. The van der Waals surface area contributed by atoms with Gasteiger partial charge in [-0.05, 0) is 24.3 Å². The predicted octanol–water partition coefficient (Wildman–Crippen LogP) is 3.66. The second-order valence-corrected chi connectivity index (χ2v) is 3.52. The van der Waals surface area contributed by atoms with E-state index in [1.165, 1.54) is 0 Å². The molecule has 3 nitrogen and oxygen atoms in total. The highest BCUT2D eigenvalue weighted by molar-refractivity contribution is 9.10. The van der Waals surface area contributed by atoms with Gasteiger partial charge >= 0.3 is 0 Å². The molecule has 1 heterocycles. The first-order valence-corrected chi connectivity index (χ1v) is 4.52. The molecule has 2 aromatic rings. The lowest BCUT2D eigenvalue weighted by atomic mass is 10.2. The van der Waals surface area contributed by atoms with Crippen LogP contribution in [0.5, 0.6) is 0 Å². The zero-order valence-corrected chi connectivity index (χ0v) is 8.25. The Kier molecular flexibility index (Phi) is 2.06. The molecule has 1 aromatic carbocycles. The molecule has 2 rings (SSSR count). The van der Waals surface area contributed by atoms with E-state index in [-0.39, 0.29) is 0 Å². The minimum Gasteiger partial charge on any atom is -0.256 e. The van der Waals surface area contributed by atoms with E-state index in [1.54, 1.807) is 12.3 Å². The van der Waals surface area contributed by atoms with Crippen molar-refractivity contribution in [1.29, 1.82) is 5.53 Å². The standard InChI is InChI=1S/C9H6BrN3/c10-6-1-2-7-8(13-11)3-4-12-9(7)5-6/h1-5,11H. The number of fused-ring (bicyclic) bond motifs is 1. The number of rotatable bonds is 1. The minimum absolute atomic E-state index is 0.650. The Morgan fingerprint density at radius 1 is 1.31 bits per heavy atom. The van der Waals surface area contributed by atoms with Crippen LogP contribution < -0.4 is 0 Å². The molecule has 64 valence electrons. The normalized spacial score (nSPS) is 10.2. The van der Waals surface area contributed by atoms with E-state index in [0.717, 1.165) is 15.4 Å². The Morgan fingerprint density at radius 3 is 2.92 bits per heavy atom. The topological polar surface area (TPSA) is 49.1 Å². The first-order valence-electron chi connectivity index (χ1n) is 3.73. The van der Waals surface area contributed by atoms with Crippen LogP contribution in [0, 0.1) is 5.53 Å². The molecule has 0 aliphatic rings. The van der Waals surface area contributed by atoms with Gasteiger partial charge in [0, 0.05) is 16.1 Å². The number of hydrogen-bond donors (Lipinski definition) is 1. The van der Waals surface area contributed by atoms with E-state index >= 15 is 0 Å². The molecule has 0 fully saturated rings. The lowest BCUT2D eigenvalue weighted by molar-refractivity contribution is 1.15. The Morgan fingerprint density at radius 2 is 2.15 bits per heavy atom. The average Bonchev–Trinajstić information content (AvgIpc) is 2.16. The molecule has 0 unspecified atom stereocenters. The van der Waals surface area contributed by atoms with Crippen molar-refractivity contribution >= 4 is 32.5 Å². The van der Waals surface area contributed by atoms with Crippen LogP contribution in [0.2, 0.25) is 0 Å². The average molecular weight is 236 g/mol. The second-order valence-electron chi connectivity index (χ2n) is 2.60. The van der Waals surface area contributed by atoms with Crippen LogP contribution in [0.3, 0.4) is 0 Å². The number of aromatic nitrogens is 1. The van der Waals surface area contributed by atoms with Crippen LogP contribution in [0.4, 0.5) is 5.69 Å². The summed E-state index contributed by atoms with van der Waals surface area (Å²) in [7, 11) is 0. The van der Waals surface area contributed by atoms with Crippen molar-refractivity contribution < 1.29 is 0 Å². The van der Waals surface area contributed by atoms with Gasteiger partial charge in [0.25, 0.3) is 0 Å². The molecule has 0 spiro atoms. The SMILES string of the molecule is N=Nc1ccnc2cc(Br)ccc12. The number of halogens is 1. The molecule has 4 heteroatoms. The first kappa shape index (κ1) is 8.31. The number of nitrogens with zero attached hydrogens (tertiary/aromatic N) is 2. The van der Waals surface area contributed by atoms with E-state index < -0.39 is 0 Å². The summed E-state index contributed by atoms with van der Waals surface area (Å²) in [6.45, 7) is 0. The van der Waals surface area contributed by atoms with E-state index in [9.17, 15) is 0 Å². The predicted molar refractivity (Wildman–Crippen MR) is 54.3 cm³/mol. The summed E-state index contributed by atoms with van der Waals surface area (Å²) in [6, 6.07) is 7.45. The van der Waals surface area contributed by atoms with Crippen molar-refractivity contribution in [3.63, 3.8) is 0 Å². The maximum Gasteiger partial charge on any atom is 0.0959 e. The summed E-state index contributed by atoms with van der Waals surface area (Å²) in [5.74, 6) is 0. The number of hydrogen-bond acceptors (Lipinski definition) is 3. The molecule has 1 aromatic heterocycles. The van der Waals surface area contributed by atoms with Gasteiger partial charge in [0.1, 0.15) is 0 Å². The highest BCUT2D eigenvalue weighted by atomic mass is 79.9. The van der Waals surface area contributed by atoms with E-state index in [2.05, 4.69) is 26.0 Å². The lowest BCUT2D eigenvalue weighted by Gasteiger charge is -1.99. The number of benzene rings is 1. The molecule has 0 saturated carbocycles. The molecular weight excluding hydrogens is 230 g/mol. The van der Waals surface area contributed by atoms with Gasteiger partial charge < -0.3 is 0 Å². The third kappa shape index (κ3) is 1.45. The Hall–Kier alpha value is -1.29. The molecule has 13 heavy (non-hydrogen) atoms. The summed E-state index contributed by atoms with van der Waals surface area (Å²) < 4.78 is 0.981. The van der Waals surface area contributed by atoms with E-state index in [0.29, 0.717) is 5.69 Å². The highest BCUT2D eigenvalue weighted by Gasteiger charge is 2.00. The zero-order chi connectivity index (χ0) is 9.26. The van der Waals surface area contributed by atoms with Crippen LogP contribution in [0.1, 0.15) is 0 Å². The Bertz CT molecular complexity index is 467. The lowest BCUT2D eigenvalue weighted by Crippen LogP contribution is -1.77. The van der Waals surface area contributed by atoms with Crippen molar-refractivity contribution in [2.45, 2.75) is 0 Å². The van der Waals surface area contributed by atoms with Gasteiger partial charge in [0.2, 0.25) is 0 Å². The summed E-state index contributed by atoms with van der Waals surface area (Å²) in [6.07, 6.45) is 1.65. The summed E-state index contributed by atoms with van der Waals surface area (Å²) in [4.78, 5) is 4.18. The van der Waals surface area contributed by atoms with Crippen molar-refractivity contribution in [3.8, 4) is 0 Å². The van der Waals surface area contributed by atoms with Crippen LogP contribution in [-0.4, -0.2) is 4.98 Å². The van der Waals surface area contributed by atoms with E-state index in [1.807, 2.05) is 18.2 Å². The smallest absolute Gasteiger partial charge is 0.0959 e. The third-order valence-electron chi connectivity index (χ3n) is 1.80. The highest BCUT2D eigenvalue weighted by Crippen LogP contribution is 2.26. The molecular formula is C9H6BrN3. The molecule has 0 aliphatic carbocycles. The van der Waals surface area contributed by atoms with Crippen LogP contribution in [0.25, 0.3) is 10.9 Å². The van der Waals surface area contributed by atoms with Gasteiger partial charge in [-0.1, -0.05) is 15.9 Å². The Labute approximate surface area is 83.4 Å². The maximum absolute atomic E-state index is 6.96. The van der Waals surface area contributed by atoms with Crippen molar-refractivity contribution in [2.75, 3.05) is 0 Å². The fourth-order valence-electron chi connectivity index (χ4n) is 1.20. The summed E-state index contributed by atoms with van der Waals surface area (Å²) >= 11 is 3.36. The molecule has 0 bridgehead atoms. The molecule has 0 aliphatic heterocycles. The maximum atomic E-state index is 6.96. The summed E-state index contributed by atoms with van der Waals surface area (Å²) in [5.41, 5.74) is 8.47. The van der Waals surface area contributed by atoms with Gasteiger partial charge in [0.05, 0.1) is 11.2 Å². The van der Waals surface area contributed by atoms with Crippen LogP contribution >= 0.6 is 15.9 Å².